The number of rotatable bonds is 5. The first kappa shape index (κ1) is 14.2. The Hall–Kier alpha value is -0.850. The van der Waals surface area contributed by atoms with Gasteiger partial charge in [0.1, 0.15) is 0 Å². The van der Waals surface area contributed by atoms with Crippen molar-refractivity contribution in [1.29, 1.82) is 0 Å². The van der Waals surface area contributed by atoms with Crippen LogP contribution in [0.1, 0.15) is 59.8 Å². The minimum atomic E-state index is 0.0587. The Morgan fingerprint density at radius 2 is 2.29 bits per heavy atom. The molecule has 1 nitrogen and oxygen atoms in total. The molecule has 1 rings (SSSR count). The third kappa shape index (κ3) is 4.14. The molecule has 0 unspecified atom stereocenters. The van der Waals surface area contributed by atoms with Crippen molar-refractivity contribution in [3.05, 3.63) is 23.3 Å². The van der Waals surface area contributed by atoms with Crippen molar-refractivity contribution in [1.82, 2.24) is 0 Å². The summed E-state index contributed by atoms with van der Waals surface area (Å²) in [6.07, 6.45) is 10.6. The number of hydrogen-bond acceptors (Lipinski definition) is 1. The van der Waals surface area contributed by atoms with Crippen molar-refractivity contribution in [2.24, 2.45) is 10.9 Å². The van der Waals surface area contributed by atoms with Gasteiger partial charge < -0.3 is 0 Å². The molecule has 0 N–H and O–H groups in total. The zero-order valence-corrected chi connectivity index (χ0v) is 11.9. The van der Waals surface area contributed by atoms with E-state index in [1.165, 1.54) is 30.4 Å². The molecule has 0 aliphatic heterocycles. The van der Waals surface area contributed by atoms with Gasteiger partial charge in [0.25, 0.3) is 0 Å². The molecule has 0 aromatic carbocycles. The van der Waals surface area contributed by atoms with Gasteiger partial charge in [0.15, 0.2) is 0 Å². The van der Waals surface area contributed by atoms with Gasteiger partial charge in [0.2, 0.25) is 0 Å². The van der Waals surface area contributed by atoms with Crippen molar-refractivity contribution in [2.45, 2.75) is 65.3 Å². The van der Waals surface area contributed by atoms with Crippen LogP contribution < -0.4 is 0 Å². The first-order valence-corrected chi connectivity index (χ1v) is 6.75. The van der Waals surface area contributed by atoms with Crippen LogP contribution in [0.5, 0.6) is 0 Å². The maximum Gasteiger partial charge on any atom is 0.0607 e. The topological polar surface area (TPSA) is 12.4 Å². The Morgan fingerprint density at radius 3 is 2.76 bits per heavy atom. The average molecular weight is 233 g/mol. The fourth-order valence-corrected chi connectivity index (χ4v) is 2.60. The predicted octanol–water partition coefficient (Wildman–Crippen LogP) is 4.94. The Kier molecular flexibility index (Phi) is 5.17. The molecule has 2 atom stereocenters. The summed E-state index contributed by atoms with van der Waals surface area (Å²) in [6, 6.07) is 0. The SMILES string of the molecule is C=N[C@](C)(CCC=C(C)C)[C@H]1CC=C(C)CC1. The fraction of sp³-hybridized carbons (Fsp3) is 0.688. The minimum absolute atomic E-state index is 0.0587. The molecule has 17 heavy (non-hydrogen) atoms. The Bertz CT molecular complexity index is 320. The summed E-state index contributed by atoms with van der Waals surface area (Å²) in [6.45, 7) is 12.7. The molecule has 0 radical (unpaired) electrons. The van der Waals surface area contributed by atoms with E-state index >= 15 is 0 Å². The normalized spacial score (nSPS) is 23.5. The quantitative estimate of drug-likeness (QED) is 0.471. The Labute approximate surface area is 107 Å². The lowest BCUT2D eigenvalue weighted by Gasteiger charge is -2.35. The first-order chi connectivity index (χ1) is 7.98. The average Bonchev–Trinajstić information content (AvgIpc) is 2.29. The summed E-state index contributed by atoms with van der Waals surface area (Å²) in [7, 11) is 0. The van der Waals surface area contributed by atoms with Crippen molar-refractivity contribution in [2.75, 3.05) is 0 Å². The van der Waals surface area contributed by atoms with Crippen LogP contribution in [0.25, 0.3) is 0 Å². The van der Waals surface area contributed by atoms with Gasteiger partial charge in [0, 0.05) is 0 Å². The Balaban J connectivity index is 2.62. The molecule has 1 aliphatic carbocycles. The van der Waals surface area contributed by atoms with E-state index in [1.807, 2.05) is 0 Å². The van der Waals surface area contributed by atoms with Gasteiger partial charge in [-0.05, 0) is 72.4 Å². The van der Waals surface area contributed by atoms with Crippen LogP contribution in [0, 0.1) is 5.92 Å². The molecule has 1 aliphatic rings. The van der Waals surface area contributed by atoms with Crippen LogP contribution in [-0.2, 0) is 0 Å². The van der Waals surface area contributed by atoms with Gasteiger partial charge >= 0.3 is 0 Å². The molecule has 0 spiro atoms. The fourth-order valence-electron chi connectivity index (χ4n) is 2.60. The van der Waals surface area contributed by atoms with E-state index in [0.29, 0.717) is 5.92 Å². The van der Waals surface area contributed by atoms with Crippen LogP contribution in [-0.4, -0.2) is 12.3 Å². The molecule has 0 amide bonds. The van der Waals surface area contributed by atoms with Crippen LogP contribution in [0.4, 0.5) is 0 Å². The second kappa shape index (κ2) is 6.18. The maximum absolute atomic E-state index is 4.46. The first-order valence-electron chi connectivity index (χ1n) is 6.75. The van der Waals surface area contributed by atoms with E-state index in [4.69, 9.17) is 0 Å². The zero-order valence-electron chi connectivity index (χ0n) is 11.9. The highest BCUT2D eigenvalue weighted by Gasteiger charge is 2.32. The third-order valence-corrected chi connectivity index (χ3v) is 4.08. The van der Waals surface area contributed by atoms with E-state index < -0.39 is 0 Å². The molecule has 96 valence electrons. The molecule has 1 heteroatoms. The van der Waals surface area contributed by atoms with Gasteiger partial charge in [-0.3, -0.25) is 4.99 Å². The van der Waals surface area contributed by atoms with Crippen molar-refractivity contribution < 1.29 is 0 Å². The lowest BCUT2D eigenvalue weighted by atomic mass is 9.74. The summed E-state index contributed by atoms with van der Waals surface area (Å²) >= 11 is 0. The molecule has 0 saturated carbocycles. The van der Waals surface area contributed by atoms with Gasteiger partial charge in [-0.15, -0.1) is 0 Å². The summed E-state index contributed by atoms with van der Waals surface area (Å²) in [5.41, 5.74) is 3.00. The van der Waals surface area contributed by atoms with E-state index in [-0.39, 0.29) is 5.54 Å². The van der Waals surface area contributed by atoms with Crippen LogP contribution in [0.3, 0.4) is 0 Å². The van der Waals surface area contributed by atoms with E-state index in [1.54, 1.807) is 0 Å². The highest BCUT2D eigenvalue weighted by atomic mass is 14.8. The van der Waals surface area contributed by atoms with Gasteiger partial charge in [-0.25, -0.2) is 0 Å². The number of nitrogens with zero attached hydrogens (tertiary/aromatic N) is 1. The molecule has 0 saturated heterocycles. The molecule has 0 fully saturated rings. The predicted molar refractivity (Wildman–Crippen MR) is 77.7 cm³/mol. The maximum atomic E-state index is 4.46. The second-order valence-electron chi connectivity index (χ2n) is 5.86. The van der Waals surface area contributed by atoms with E-state index in [0.717, 1.165) is 12.8 Å². The molecule has 0 bridgehead atoms. The van der Waals surface area contributed by atoms with Gasteiger partial charge in [-0.1, -0.05) is 23.3 Å². The molecule has 0 aromatic rings. The van der Waals surface area contributed by atoms with Crippen LogP contribution >= 0.6 is 0 Å². The second-order valence-corrected chi connectivity index (χ2v) is 5.86. The summed E-state index contributed by atoms with van der Waals surface area (Å²) in [4.78, 5) is 4.46. The molecular weight excluding hydrogens is 206 g/mol. The van der Waals surface area contributed by atoms with Crippen LogP contribution in [0.15, 0.2) is 28.3 Å². The van der Waals surface area contributed by atoms with Crippen molar-refractivity contribution >= 4 is 6.72 Å². The largest absolute Gasteiger partial charge is 0.294 e. The number of aliphatic imine (C=N–C) groups is 1. The standard InChI is InChI=1S/C16H27N/c1-13(2)7-6-12-16(4,17-5)15-10-8-14(3)9-11-15/h7-8,15H,5-6,9-12H2,1-4H3/t15-,16+/m0/s1. The number of hydrogen-bond donors (Lipinski definition) is 0. The lowest BCUT2D eigenvalue weighted by Crippen LogP contribution is -2.33. The molecular formula is C16H27N. The lowest BCUT2D eigenvalue weighted by molar-refractivity contribution is 0.260. The summed E-state index contributed by atoms with van der Waals surface area (Å²) < 4.78 is 0. The smallest absolute Gasteiger partial charge is 0.0607 e. The third-order valence-electron chi connectivity index (χ3n) is 4.08. The van der Waals surface area contributed by atoms with Crippen molar-refractivity contribution in [3.8, 4) is 0 Å². The van der Waals surface area contributed by atoms with Crippen LogP contribution in [0.2, 0.25) is 0 Å². The van der Waals surface area contributed by atoms with Crippen molar-refractivity contribution in [3.63, 3.8) is 0 Å². The Morgan fingerprint density at radius 1 is 1.59 bits per heavy atom. The van der Waals surface area contributed by atoms with Gasteiger partial charge in [-0.2, -0.15) is 0 Å². The monoisotopic (exact) mass is 233 g/mol. The van der Waals surface area contributed by atoms with Gasteiger partial charge in [0.05, 0.1) is 5.54 Å². The van der Waals surface area contributed by atoms with E-state index in [2.05, 4.69) is 51.6 Å². The summed E-state index contributed by atoms with van der Waals surface area (Å²) in [5.74, 6) is 0.675. The highest BCUT2D eigenvalue weighted by molar-refractivity contribution is 5.26. The minimum Gasteiger partial charge on any atom is -0.294 e. The number of allylic oxidation sites excluding steroid dienone is 4. The molecule has 0 heterocycles. The summed E-state index contributed by atoms with van der Waals surface area (Å²) in [5, 5.41) is 0. The van der Waals surface area contributed by atoms with E-state index in [9.17, 15) is 0 Å². The highest BCUT2D eigenvalue weighted by Crippen LogP contribution is 2.37. The zero-order chi connectivity index (χ0) is 12.9. The molecule has 0 aromatic heterocycles.